The zero-order valence-corrected chi connectivity index (χ0v) is 19.8. The third kappa shape index (κ3) is 5.87. The number of aromatic nitrogens is 5. The summed E-state index contributed by atoms with van der Waals surface area (Å²) in [7, 11) is 3.53. The van der Waals surface area contributed by atoms with E-state index in [0.29, 0.717) is 38.9 Å². The molecule has 0 spiro atoms. The molecule has 168 valence electrons. The summed E-state index contributed by atoms with van der Waals surface area (Å²) in [6.07, 6.45) is 2.80. The predicted octanol–water partition coefficient (Wildman–Crippen LogP) is 3.79. The van der Waals surface area contributed by atoms with Crippen molar-refractivity contribution in [1.82, 2.24) is 24.7 Å². The van der Waals surface area contributed by atoms with Gasteiger partial charge < -0.3 is 15.4 Å². The lowest BCUT2D eigenvalue weighted by atomic mass is 10.2. The summed E-state index contributed by atoms with van der Waals surface area (Å²) in [5.41, 5.74) is 7.71. The van der Waals surface area contributed by atoms with Gasteiger partial charge >= 0.3 is 5.97 Å². The van der Waals surface area contributed by atoms with Gasteiger partial charge in [0.15, 0.2) is 12.4 Å². The first kappa shape index (κ1) is 23.8. The number of anilines is 2. The van der Waals surface area contributed by atoms with E-state index in [4.69, 9.17) is 45.3 Å². The molecule has 0 unspecified atom stereocenters. The van der Waals surface area contributed by atoms with Crippen LogP contribution in [0.3, 0.4) is 0 Å². The molecule has 0 saturated heterocycles. The third-order valence-corrected chi connectivity index (χ3v) is 5.25. The number of esters is 1. The van der Waals surface area contributed by atoms with Crippen LogP contribution in [0.25, 0.3) is 6.08 Å². The predicted molar refractivity (Wildman–Crippen MR) is 125 cm³/mol. The Bertz CT molecular complexity index is 1180. The zero-order chi connectivity index (χ0) is 23.4. The lowest BCUT2D eigenvalue weighted by Gasteiger charge is -2.11. The molecule has 0 fully saturated rings. The molecule has 3 aromatic rings. The molecule has 3 rings (SSSR count). The summed E-state index contributed by atoms with van der Waals surface area (Å²) >= 11 is 18.6. The summed E-state index contributed by atoms with van der Waals surface area (Å²) in [4.78, 5) is 26.0. The first-order valence-electron chi connectivity index (χ1n) is 9.33. The Labute approximate surface area is 199 Å². The SMILES string of the molecule is Cc1nn(Cc2ccc(Cl)cc2Cl)c(Cl)c1/C=C/C(=O)OCc1nc(N)nc(N(C)C)n1. The van der Waals surface area contributed by atoms with Crippen molar-refractivity contribution in [1.29, 1.82) is 0 Å². The monoisotopic (exact) mass is 495 g/mol. The number of hydrogen-bond donors (Lipinski definition) is 1. The summed E-state index contributed by atoms with van der Waals surface area (Å²) in [6.45, 7) is 1.98. The Morgan fingerprint density at radius 2 is 1.97 bits per heavy atom. The Hall–Kier alpha value is -2.88. The fourth-order valence-corrected chi connectivity index (χ4v) is 3.46. The Morgan fingerprint density at radius 3 is 2.66 bits per heavy atom. The van der Waals surface area contributed by atoms with Gasteiger partial charge in [0.1, 0.15) is 5.15 Å². The molecule has 0 aliphatic rings. The Morgan fingerprint density at radius 1 is 1.22 bits per heavy atom. The average molecular weight is 497 g/mol. The van der Waals surface area contributed by atoms with Crippen LogP contribution in [-0.2, 0) is 22.7 Å². The van der Waals surface area contributed by atoms with Crippen LogP contribution in [0.4, 0.5) is 11.9 Å². The maximum Gasteiger partial charge on any atom is 0.331 e. The molecule has 32 heavy (non-hydrogen) atoms. The second-order valence-corrected chi connectivity index (χ2v) is 8.13. The molecule has 0 radical (unpaired) electrons. The van der Waals surface area contributed by atoms with Gasteiger partial charge in [-0.05, 0) is 30.7 Å². The van der Waals surface area contributed by atoms with Crippen molar-refractivity contribution in [3.8, 4) is 0 Å². The number of nitrogens with two attached hydrogens (primary N) is 1. The average Bonchev–Trinajstić information content (AvgIpc) is 2.99. The first-order chi connectivity index (χ1) is 15.1. The van der Waals surface area contributed by atoms with Crippen LogP contribution in [0.1, 0.15) is 22.6 Å². The van der Waals surface area contributed by atoms with Crippen molar-refractivity contribution in [2.45, 2.75) is 20.1 Å². The van der Waals surface area contributed by atoms with Crippen LogP contribution in [0.5, 0.6) is 0 Å². The number of carbonyl (C=O) groups is 1. The molecule has 2 N–H and O–H groups in total. The summed E-state index contributed by atoms with van der Waals surface area (Å²) in [6, 6.07) is 5.20. The van der Waals surface area contributed by atoms with E-state index in [1.165, 1.54) is 6.08 Å². The molecule has 0 bridgehead atoms. The highest BCUT2D eigenvalue weighted by Gasteiger charge is 2.14. The van der Waals surface area contributed by atoms with Crippen molar-refractivity contribution in [3.05, 3.63) is 62.1 Å². The van der Waals surface area contributed by atoms with E-state index < -0.39 is 5.97 Å². The van der Waals surface area contributed by atoms with E-state index >= 15 is 0 Å². The van der Waals surface area contributed by atoms with Crippen molar-refractivity contribution < 1.29 is 9.53 Å². The number of hydrogen-bond acceptors (Lipinski definition) is 8. The number of rotatable bonds is 7. The van der Waals surface area contributed by atoms with E-state index in [0.717, 1.165) is 5.56 Å². The number of ether oxygens (including phenoxy) is 1. The smallest absolute Gasteiger partial charge is 0.331 e. The van der Waals surface area contributed by atoms with Crippen molar-refractivity contribution in [2.24, 2.45) is 0 Å². The molecule has 1 aromatic carbocycles. The summed E-state index contributed by atoms with van der Waals surface area (Å²) in [5.74, 6) is 0.0554. The van der Waals surface area contributed by atoms with E-state index in [2.05, 4.69) is 20.1 Å². The maximum absolute atomic E-state index is 12.2. The number of aryl methyl sites for hydroxylation is 1. The molecule has 0 aliphatic carbocycles. The maximum atomic E-state index is 12.2. The molecule has 2 aromatic heterocycles. The number of benzene rings is 1. The molecule has 0 amide bonds. The van der Waals surface area contributed by atoms with E-state index in [1.807, 2.05) is 0 Å². The van der Waals surface area contributed by atoms with E-state index in [1.54, 1.807) is 54.9 Å². The van der Waals surface area contributed by atoms with Crippen molar-refractivity contribution in [3.63, 3.8) is 0 Å². The van der Waals surface area contributed by atoms with Crippen LogP contribution in [0.15, 0.2) is 24.3 Å². The highest BCUT2D eigenvalue weighted by molar-refractivity contribution is 6.35. The largest absolute Gasteiger partial charge is 0.454 e. The fraction of sp³-hybridized carbons (Fsp3) is 0.250. The number of nitrogens with zero attached hydrogens (tertiary/aromatic N) is 6. The molecule has 0 atom stereocenters. The van der Waals surface area contributed by atoms with E-state index in [-0.39, 0.29) is 18.4 Å². The van der Waals surface area contributed by atoms with Gasteiger partial charge in [0.25, 0.3) is 0 Å². The minimum absolute atomic E-state index is 0.0425. The van der Waals surface area contributed by atoms with Crippen LogP contribution in [-0.4, -0.2) is 44.8 Å². The molecule has 0 aliphatic heterocycles. The van der Waals surface area contributed by atoms with Crippen LogP contribution < -0.4 is 10.6 Å². The van der Waals surface area contributed by atoms with Crippen molar-refractivity contribution >= 4 is 58.7 Å². The number of halogens is 3. The van der Waals surface area contributed by atoms with Gasteiger partial charge in [-0.25, -0.2) is 9.48 Å². The molecule has 2 heterocycles. The summed E-state index contributed by atoms with van der Waals surface area (Å²) in [5, 5.41) is 5.84. The Balaban J connectivity index is 1.68. The molecule has 9 nitrogen and oxygen atoms in total. The molecule has 12 heteroatoms. The molecule has 0 saturated carbocycles. The van der Waals surface area contributed by atoms with Gasteiger partial charge in [0.2, 0.25) is 11.9 Å². The van der Waals surface area contributed by atoms with Gasteiger partial charge in [-0.2, -0.15) is 20.1 Å². The lowest BCUT2D eigenvalue weighted by Crippen LogP contribution is -2.17. The minimum Gasteiger partial charge on any atom is -0.454 e. The quantitative estimate of drug-likeness (QED) is 0.388. The standard InChI is InChI=1S/C20H20Cl3N7O2/c1-11-14(18(23)30(28-11)9-12-4-5-13(21)8-15(12)22)6-7-17(31)32-10-16-25-19(24)27-20(26-16)29(2)3/h4-8H,9-10H2,1-3H3,(H2,24,25,26,27)/b7-6+. The normalized spacial score (nSPS) is 11.2. The fourth-order valence-electron chi connectivity index (χ4n) is 2.70. The van der Waals surface area contributed by atoms with Crippen LogP contribution in [0, 0.1) is 6.92 Å². The minimum atomic E-state index is -0.598. The van der Waals surface area contributed by atoms with Crippen LogP contribution in [0.2, 0.25) is 15.2 Å². The van der Waals surface area contributed by atoms with Gasteiger partial charge in [-0.3, -0.25) is 0 Å². The first-order valence-corrected chi connectivity index (χ1v) is 10.5. The Kier molecular flexibility index (Phi) is 7.55. The molecular formula is C20H20Cl3N7O2. The number of nitrogen functional groups attached to an aromatic ring is 1. The number of carbonyl (C=O) groups excluding carboxylic acids is 1. The van der Waals surface area contributed by atoms with Gasteiger partial charge in [-0.15, -0.1) is 0 Å². The van der Waals surface area contributed by atoms with Gasteiger partial charge in [-0.1, -0.05) is 40.9 Å². The van der Waals surface area contributed by atoms with Gasteiger partial charge in [0.05, 0.1) is 12.2 Å². The van der Waals surface area contributed by atoms with Crippen molar-refractivity contribution in [2.75, 3.05) is 24.7 Å². The van der Waals surface area contributed by atoms with Crippen LogP contribution >= 0.6 is 34.8 Å². The highest BCUT2D eigenvalue weighted by atomic mass is 35.5. The third-order valence-electron chi connectivity index (χ3n) is 4.26. The van der Waals surface area contributed by atoms with Gasteiger partial charge in [0, 0.05) is 35.8 Å². The summed E-state index contributed by atoms with van der Waals surface area (Å²) < 4.78 is 6.79. The highest BCUT2D eigenvalue weighted by Crippen LogP contribution is 2.26. The zero-order valence-electron chi connectivity index (χ0n) is 17.5. The van der Waals surface area contributed by atoms with E-state index in [9.17, 15) is 4.79 Å². The second-order valence-electron chi connectivity index (χ2n) is 6.93. The molecular weight excluding hydrogens is 477 g/mol. The lowest BCUT2D eigenvalue weighted by molar-refractivity contribution is -0.139. The second kappa shape index (κ2) is 10.2. The topological polar surface area (TPSA) is 112 Å².